The number of carbonyl (C=O) groups is 2. The molecule has 0 atom stereocenters. The smallest absolute Gasteiger partial charge is 0.328 e. The first-order valence-electron chi connectivity index (χ1n) is 7.64. The molecule has 1 aliphatic rings. The van der Waals surface area contributed by atoms with E-state index in [0.29, 0.717) is 6.42 Å². The predicted molar refractivity (Wildman–Crippen MR) is 86.2 cm³/mol. The molecule has 0 radical (unpaired) electrons. The molecule has 1 aliphatic carbocycles. The minimum Gasteiger partial charge on any atom is -0.478 e. The summed E-state index contributed by atoms with van der Waals surface area (Å²) in [4.78, 5) is 24.7. The number of nitrogens with zero attached hydrogens (tertiary/aromatic N) is 1. The molecule has 0 saturated heterocycles. The van der Waals surface area contributed by atoms with Crippen LogP contribution in [0.1, 0.15) is 32.6 Å². The van der Waals surface area contributed by atoms with Crippen LogP contribution in [0.4, 0.5) is 0 Å². The van der Waals surface area contributed by atoms with Crippen LogP contribution in [-0.2, 0) is 9.59 Å². The lowest BCUT2D eigenvalue weighted by molar-refractivity contribution is -0.131. The van der Waals surface area contributed by atoms with E-state index in [1.54, 1.807) is 4.90 Å². The van der Waals surface area contributed by atoms with Crippen LogP contribution in [0.15, 0.2) is 36.4 Å². The van der Waals surface area contributed by atoms with E-state index in [-0.39, 0.29) is 12.5 Å². The van der Waals surface area contributed by atoms with E-state index >= 15 is 0 Å². The first-order valence-corrected chi connectivity index (χ1v) is 7.64. The van der Waals surface area contributed by atoms with Gasteiger partial charge in [-0.2, -0.15) is 0 Å². The van der Waals surface area contributed by atoms with Gasteiger partial charge in [-0.3, -0.25) is 4.79 Å². The number of carboxylic acids is 1. The first kappa shape index (κ1) is 16.0. The number of hydrogen-bond acceptors (Lipinski definition) is 2. The number of carboxylic acid groups (broad SMARTS) is 1. The van der Waals surface area contributed by atoms with Crippen LogP contribution in [0.25, 0.3) is 11.8 Å². The molecule has 4 heteroatoms. The molecular formula is C18H21NO3. The molecule has 116 valence electrons. The van der Waals surface area contributed by atoms with Crippen LogP contribution >= 0.6 is 0 Å². The zero-order valence-electron chi connectivity index (χ0n) is 12.8. The van der Waals surface area contributed by atoms with Gasteiger partial charge in [-0.15, -0.1) is 0 Å². The topological polar surface area (TPSA) is 57.6 Å². The summed E-state index contributed by atoms with van der Waals surface area (Å²) >= 11 is 0. The lowest BCUT2D eigenvalue weighted by Gasteiger charge is -2.26. The van der Waals surface area contributed by atoms with Crippen LogP contribution < -0.4 is 10.4 Å². The van der Waals surface area contributed by atoms with E-state index < -0.39 is 5.97 Å². The average Bonchev–Trinajstić information content (AvgIpc) is 2.46. The van der Waals surface area contributed by atoms with Crippen molar-refractivity contribution in [1.29, 1.82) is 0 Å². The van der Waals surface area contributed by atoms with Gasteiger partial charge in [0.2, 0.25) is 5.91 Å². The normalized spacial score (nSPS) is 12.5. The lowest BCUT2D eigenvalue weighted by Crippen LogP contribution is -2.43. The van der Waals surface area contributed by atoms with Crippen LogP contribution in [0, 0.1) is 0 Å². The Balaban J connectivity index is 2.17. The van der Waals surface area contributed by atoms with Crippen LogP contribution in [0.2, 0.25) is 0 Å². The van der Waals surface area contributed by atoms with Crippen molar-refractivity contribution in [3.63, 3.8) is 0 Å². The highest BCUT2D eigenvalue weighted by Crippen LogP contribution is 2.13. The van der Waals surface area contributed by atoms with Gasteiger partial charge in [0.1, 0.15) is 0 Å². The summed E-state index contributed by atoms with van der Waals surface area (Å²) in [6.45, 7) is 2.39. The molecule has 22 heavy (non-hydrogen) atoms. The number of aliphatic carboxylic acids is 1. The van der Waals surface area contributed by atoms with Gasteiger partial charge >= 0.3 is 5.97 Å². The number of rotatable bonds is 8. The van der Waals surface area contributed by atoms with Gasteiger partial charge in [-0.25, -0.2) is 4.79 Å². The molecule has 0 unspecified atom stereocenters. The fraction of sp³-hybridized carbons (Fsp3) is 0.333. The van der Waals surface area contributed by atoms with Crippen molar-refractivity contribution in [2.75, 3.05) is 6.54 Å². The summed E-state index contributed by atoms with van der Waals surface area (Å²) in [6, 6.07) is 7.89. The highest BCUT2D eigenvalue weighted by atomic mass is 16.4. The molecule has 0 aromatic heterocycles. The fourth-order valence-electron chi connectivity index (χ4n) is 2.48. The van der Waals surface area contributed by atoms with E-state index in [2.05, 4.69) is 6.92 Å². The highest BCUT2D eigenvalue weighted by molar-refractivity contribution is 5.93. The van der Waals surface area contributed by atoms with Crippen LogP contribution in [0.5, 0.6) is 0 Å². The van der Waals surface area contributed by atoms with E-state index in [4.69, 9.17) is 5.11 Å². The largest absolute Gasteiger partial charge is 0.478 e. The molecule has 4 nitrogen and oxygen atoms in total. The minimum atomic E-state index is -0.999. The SMILES string of the molecule is CCCCCC(=O)N(CC=CC(=O)O)C1=c2ccccc2=C1. The Morgan fingerprint density at radius 1 is 1.23 bits per heavy atom. The fourth-order valence-corrected chi connectivity index (χ4v) is 2.48. The first-order chi connectivity index (χ1) is 10.6. The number of fused-ring (bicyclic) bond motifs is 1. The predicted octanol–water partition coefficient (Wildman–Crippen LogP) is 1.64. The maximum atomic E-state index is 12.4. The molecule has 0 heterocycles. The monoisotopic (exact) mass is 299 g/mol. The Kier molecular flexibility index (Phi) is 5.53. The number of carbonyl (C=O) groups excluding carboxylic acids is 1. The third kappa shape index (κ3) is 3.85. The molecule has 1 N–H and O–H groups in total. The van der Waals surface area contributed by atoms with Gasteiger partial charge in [0.05, 0.1) is 5.70 Å². The number of benzene rings is 1. The van der Waals surface area contributed by atoms with Crippen molar-refractivity contribution in [2.24, 2.45) is 0 Å². The van der Waals surface area contributed by atoms with Gasteiger partial charge in [-0.05, 0) is 17.7 Å². The highest BCUT2D eigenvalue weighted by Gasteiger charge is 2.19. The second-order valence-electron chi connectivity index (χ2n) is 5.32. The van der Waals surface area contributed by atoms with Crippen molar-refractivity contribution < 1.29 is 14.7 Å². The van der Waals surface area contributed by atoms with Crippen molar-refractivity contribution in [3.8, 4) is 0 Å². The molecule has 1 amide bonds. The number of hydrogen-bond donors (Lipinski definition) is 1. The van der Waals surface area contributed by atoms with Gasteiger partial charge in [0.25, 0.3) is 0 Å². The summed E-state index contributed by atoms with van der Waals surface area (Å²) in [6.07, 6.45) is 8.02. The van der Waals surface area contributed by atoms with E-state index in [9.17, 15) is 9.59 Å². The molecular weight excluding hydrogens is 278 g/mol. The minimum absolute atomic E-state index is 0.0456. The maximum Gasteiger partial charge on any atom is 0.328 e. The van der Waals surface area contributed by atoms with Gasteiger partial charge in [0.15, 0.2) is 0 Å². The Bertz CT molecular complexity index is 703. The summed E-state index contributed by atoms with van der Waals surface area (Å²) in [5.41, 5.74) is 0.882. The van der Waals surface area contributed by atoms with Crippen molar-refractivity contribution >= 4 is 23.6 Å². The molecule has 0 aliphatic heterocycles. The van der Waals surface area contributed by atoms with Crippen molar-refractivity contribution in [1.82, 2.24) is 4.90 Å². The summed E-state index contributed by atoms with van der Waals surface area (Å²) in [7, 11) is 0. The lowest BCUT2D eigenvalue weighted by atomic mass is 10.0. The van der Waals surface area contributed by atoms with E-state index in [1.165, 1.54) is 6.08 Å². The third-order valence-electron chi connectivity index (χ3n) is 3.66. The van der Waals surface area contributed by atoms with Crippen molar-refractivity contribution in [3.05, 3.63) is 46.9 Å². The van der Waals surface area contributed by atoms with Crippen LogP contribution in [-0.4, -0.2) is 28.4 Å². The summed E-state index contributed by atoms with van der Waals surface area (Å²) in [5.74, 6) is -0.953. The maximum absolute atomic E-state index is 12.4. The third-order valence-corrected chi connectivity index (χ3v) is 3.66. The molecule has 1 aromatic carbocycles. The second kappa shape index (κ2) is 7.59. The van der Waals surface area contributed by atoms with E-state index in [0.717, 1.165) is 41.5 Å². The Labute approximate surface area is 130 Å². The van der Waals surface area contributed by atoms with Gasteiger partial charge in [0, 0.05) is 24.3 Å². The standard InChI is InChI=1S/C18H21NO3/c1-2-3-4-10-17(20)19(12-7-11-18(21)22)16-13-14-8-5-6-9-15(14)16/h5-9,11,13H,2-4,10,12H2,1H3,(H,21,22). The van der Waals surface area contributed by atoms with Gasteiger partial charge < -0.3 is 10.0 Å². The second-order valence-corrected chi connectivity index (χ2v) is 5.32. The molecule has 1 aromatic rings. The van der Waals surface area contributed by atoms with Crippen molar-refractivity contribution in [2.45, 2.75) is 32.6 Å². The van der Waals surface area contributed by atoms with E-state index in [1.807, 2.05) is 30.3 Å². The molecule has 2 rings (SSSR count). The average molecular weight is 299 g/mol. The summed E-state index contributed by atoms with van der Waals surface area (Å²) < 4.78 is 0. The Hall–Kier alpha value is -2.36. The molecule has 0 fully saturated rings. The Morgan fingerprint density at radius 2 is 2.00 bits per heavy atom. The van der Waals surface area contributed by atoms with Gasteiger partial charge in [-0.1, -0.05) is 50.1 Å². The molecule has 0 saturated carbocycles. The molecule has 0 spiro atoms. The van der Waals surface area contributed by atoms with Crippen LogP contribution in [0.3, 0.4) is 0 Å². The number of unbranched alkanes of at least 4 members (excludes halogenated alkanes) is 2. The summed E-state index contributed by atoms with van der Waals surface area (Å²) in [5, 5.41) is 10.9. The number of amides is 1. The zero-order chi connectivity index (χ0) is 15.9. The quantitative estimate of drug-likeness (QED) is 0.586. The molecule has 0 bridgehead atoms. The zero-order valence-corrected chi connectivity index (χ0v) is 12.8. The Morgan fingerprint density at radius 3 is 2.68 bits per heavy atom.